The van der Waals surface area contributed by atoms with Crippen molar-refractivity contribution < 1.29 is 13.9 Å². The molecule has 0 bridgehead atoms. The predicted octanol–water partition coefficient (Wildman–Crippen LogP) is 3.44. The first-order valence-electron chi connectivity index (χ1n) is 8.86. The van der Waals surface area contributed by atoms with E-state index < -0.39 is 0 Å². The van der Waals surface area contributed by atoms with Crippen molar-refractivity contribution in [3.63, 3.8) is 0 Å². The van der Waals surface area contributed by atoms with Gasteiger partial charge in [0.15, 0.2) is 0 Å². The molecular formula is C20H18N4O3. The van der Waals surface area contributed by atoms with Gasteiger partial charge in [0, 0.05) is 37.2 Å². The van der Waals surface area contributed by atoms with E-state index in [1.54, 1.807) is 7.11 Å². The summed E-state index contributed by atoms with van der Waals surface area (Å²) in [6.07, 6.45) is 0.833. The first-order chi connectivity index (χ1) is 13.3. The van der Waals surface area contributed by atoms with Crippen molar-refractivity contribution in [2.45, 2.75) is 19.5 Å². The summed E-state index contributed by atoms with van der Waals surface area (Å²) >= 11 is 0. The number of hydrogen-bond acceptors (Lipinski definition) is 7. The van der Waals surface area contributed by atoms with E-state index in [1.807, 2.05) is 36.4 Å². The van der Waals surface area contributed by atoms with Crippen LogP contribution in [0.5, 0.6) is 5.75 Å². The van der Waals surface area contributed by atoms with Gasteiger partial charge in [0.1, 0.15) is 28.2 Å². The normalized spacial score (nSPS) is 14.4. The zero-order chi connectivity index (χ0) is 18.2. The van der Waals surface area contributed by atoms with Gasteiger partial charge in [-0.15, -0.1) is 0 Å². The fourth-order valence-corrected chi connectivity index (χ4v) is 3.63. The van der Waals surface area contributed by atoms with Gasteiger partial charge in [-0.05, 0) is 34.1 Å². The lowest BCUT2D eigenvalue weighted by molar-refractivity contribution is 0.229. The third-order valence-corrected chi connectivity index (χ3v) is 5.01. The molecule has 0 radical (unpaired) electrons. The van der Waals surface area contributed by atoms with Crippen LogP contribution in [0.3, 0.4) is 0 Å². The summed E-state index contributed by atoms with van der Waals surface area (Å²) in [6.45, 7) is 2.45. The fourth-order valence-electron chi connectivity index (χ4n) is 3.63. The average molecular weight is 362 g/mol. The second kappa shape index (κ2) is 6.51. The monoisotopic (exact) mass is 362 g/mol. The Morgan fingerprint density at radius 1 is 1.11 bits per heavy atom. The number of aromatic nitrogens is 3. The highest BCUT2D eigenvalue weighted by Crippen LogP contribution is 2.32. The van der Waals surface area contributed by atoms with Crippen LogP contribution in [0.4, 0.5) is 0 Å². The number of fused-ring (bicyclic) bond motifs is 2. The third kappa shape index (κ3) is 2.86. The predicted molar refractivity (Wildman–Crippen MR) is 98.1 cm³/mol. The molecule has 0 aliphatic carbocycles. The molecule has 1 aliphatic heterocycles. The van der Waals surface area contributed by atoms with Crippen molar-refractivity contribution in [3.8, 4) is 17.0 Å². The van der Waals surface area contributed by atoms with Crippen LogP contribution in [0.25, 0.3) is 22.3 Å². The number of methoxy groups -OCH3 is 1. The van der Waals surface area contributed by atoms with Crippen molar-refractivity contribution in [2.75, 3.05) is 13.7 Å². The third-order valence-electron chi connectivity index (χ3n) is 5.01. The second-order valence-electron chi connectivity index (χ2n) is 6.67. The largest absolute Gasteiger partial charge is 0.497 e. The molecule has 2 aromatic carbocycles. The molecule has 5 rings (SSSR count). The fraction of sp³-hybridized carbons (Fsp3) is 0.250. The molecule has 0 unspecified atom stereocenters. The van der Waals surface area contributed by atoms with Crippen LogP contribution in [-0.2, 0) is 19.5 Å². The van der Waals surface area contributed by atoms with Gasteiger partial charge in [0.25, 0.3) is 0 Å². The van der Waals surface area contributed by atoms with Gasteiger partial charge in [0.05, 0.1) is 7.11 Å². The number of benzene rings is 2. The molecule has 7 nitrogen and oxygen atoms in total. The van der Waals surface area contributed by atoms with Gasteiger partial charge in [0.2, 0.25) is 0 Å². The summed E-state index contributed by atoms with van der Waals surface area (Å²) in [5, 5.41) is 12.3. The first-order valence-corrected chi connectivity index (χ1v) is 8.86. The van der Waals surface area contributed by atoms with Crippen LogP contribution in [0.1, 0.15) is 16.9 Å². The number of rotatable bonds is 4. The van der Waals surface area contributed by atoms with E-state index in [-0.39, 0.29) is 0 Å². The molecule has 0 saturated heterocycles. The Bertz CT molecular complexity index is 1100. The van der Waals surface area contributed by atoms with Crippen molar-refractivity contribution in [1.82, 2.24) is 20.4 Å². The Labute approximate surface area is 155 Å². The van der Waals surface area contributed by atoms with E-state index >= 15 is 0 Å². The van der Waals surface area contributed by atoms with Gasteiger partial charge >= 0.3 is 0 Å². The zero-order valence-corrected chi connectivity index (χ0v) is 14.9. The second-order valence-corrected chi connectivity index (χ2v) is 6.67. The van der Waals surface area contributed by atoms with Crippen LogP contribution < -0.4 is 4.74 Å². The van der Waals surface area contributed by atoms with Crippen LogP contribution >= 0.6 is 0 Å². The Balaban J connectivity index is 1.44. The SMILES string of the molecule is COc1cccc(-c2noc3c2CN(Cc2cccc4nonc24)CC3)c1. The summed E-state index contributed by atoms with van der Waals surface area (Å²) in [4.78, 5) is 2.37. The van der Waals surface area contributed by atoms with Crippen LogP contribution in [0, 0.1) is 0 Å². The topological polar surface area (TPSA) is 77.4 Å². The highest BCUT2D eigenvalue weighted by Gasteiger charge is 2.25. The summed E-state index contributed by atoms with van der Waals surface area (Å²) < 4.78 is 15.8. The van der Waals surface area contributed by atoms with Crippen molar-refractivity contribution in [3.05, 3.63) is 59.4 Å². The van der Waals surface area contributed by atoms with Gasteiger partial charge in [-0.3, -0.25) is 4.90 Å². The summed E-state index contributed by atoms with van der Waals surface area (Å²) in [5.41, 5.74) is 5.74. The maximum absolute atomic E-state index is 5.62. The molecule has 0 amide bonds. The minimum atomic E-state index is 0.771. The summed E-state index contributed by atoms with van der Waals surface area (Å²) in [5.74, 6) is 1.77. The molecule has 0 spiro atoms. The van der Waals surface area contributed by atoms with Gasteiger partial charge in [-0.1, -0.05) is 29.4 Å². The van der Waals surface area contributed by atoms with Crippen molar-refractivity contribution in [2.24, 2.45) is 0 Å². The van der Waals surface area contributed by atoms with Crippen LogP contribution in [-0.4, -0.2) is 34.0 Å². The van der Waals surface area contributed by atoms with E-state index in [9.17, 15) is 0 Å². The molecule has 4 aromatic rings. The Kier molecular flexibility index (Phi) is 3.86. The number of ether oxygens (including phenoxy) is 1. The molecule has 3 heterocycles. The molecule has 0 atom stereocenters. The average Bonchev–Trinajstić information content (AvgIpc) is 3.35. The summed E-state index contributed by atoms with van der Waals surface area (Å²) in [7, 11) is 1.67. The lowest BCUT2D eigenvalue weighted by Crippen LogP contribution is -2.29. The molecule has 27 heavy (non-hydrogen) atoms. The summed E-state index contributed by atoms with van der Waals surface area (Å²) in [6, 6.07) is 13.9. The minimum absolute atomic E-state index is 0.771. The molecule has 0 N–H and O–H groups in total. The van der Waals surface area contributed by atoms with Crippen molar-refractivity contribution in [1.29, 1.82) is 0 Å². The zero-order valence-electron chi connectivity index (χ0n) is 14.9. The maximum Gasteiger partial charge on any atom is 0.143 e. The highest BCUT2D eigenvalue weighted by atomic mass is 16.6. The van der Waals surface area contributed by atoms with Crippen LogP contribution in [0.15, 0.2) is 51.6 Å². The lowest BCUT2D eigenvalue weighted by atomic mass is 10.0. The Hall–Kier alpha value is -3.19. The molecule has 0 fully saturated rings. The van der Waals surface area contributed by atoms with E-state index in [4.69, 9.17) is 13.9 Å². The van der Waals surface area contributed by atoms with E-state index in [1.165, 1.54) is 0 Å². The van der Waals surface area contributed by atoms with E-state index in [0.717, 1.165) is 71.0 Å². The molecule has 0 saturated carbocycles. The molecule has 7 heteroatoms. The van der Waals surface area contributed by atoms with Gasteiger partial charge in [-0.25, -0.2) is 4.63 Å². The van der Waals surface area contributed by atoms with Crippen LogP contribution in [0.2, 0.25) is 0 Å². The number of nitrogens with zero attached hydrogens (tertiary/aromatic N) is 4. The van der Waals surface area contributed by atoms with Crippen molar-refractivity contribution >= 4 is 11.0 Å². The van der Waals surface area contributed by atoms with Gasteiger partial charge < -0.3 is 9.26 Å². The lowest BCUT2D eigenvalue weighted by Gasteiger charge is -2.26. The van der Waals surface area contributed by atoms with E-state index in [2.05, 4.69) is 26.4 Å². The number of hydrogen-bond donors (Lipinski definition) is 0. The first kappa shape index (κ1) is 16.0. The smallest absolute Gasteiger partial charge is 0.143 e. The van der Waals surface area contributed by atoms with E-state index in [0.29, 0.717) is 0 Å². The molecule has 136 valence electrons. The minimum Gasteiger partial charge on any atom is -0.497 e. The molecular weight excluding hydrogens is 344 g/mol. The molecule has 1 aliphatic rings. The Morgan fingerprint density at radius 3 is 2.96 bits per heavy atom. The highest BCUT2D eigenvalue weighted by molar-refractivity contribution is 5.76. The standard InChI is InChI=1S/C20H18N4O3/c1-25-15-6-2-4-13(10-15)19-16-12-24(9-8-18(16)26-22-19)11-14-5-3-7-17-20(14)23-27-21-17/h2-7,10H,8-9,11-12H2,1H3. The quantitative estimate of drug-likeness (QED) is 0.550. The Morgan fingerprint density at radius 2 is 2.04 bits per heavy atom. The molecule has 2 aromatic heterocycles. The van der Waals surface area contributed by atoms with Gasteiger partial charge in [-0.2, -0.15) is 0 Å². The maximum atomic E-state index is 5.62.